The Balaban J connectivity index is 1.68. The summed E-state index contributed by atoms with van der Waals surface area (Å²) in [5.41, 5.74) is 2.84. The van der Waals surface area contributed by atoms with Gasteiger partial charge >= 0.3 is 6.18 Å². The molecule has 4 rings (SSSR count). The van der Waals surface area contributed by atoms with E-state index in [1.54, 1.807) is 13.1 Å². The number of aliphatic hydroxyl groups is 1. The van der Waals surface area contributed by atoms with Crippen molar-refractivity contribution in [3.05, 3.63) is 29.7 Å². The van der Waals surface area contributed by atoms with E-state index in [4.69, 9.17) is 4.42 Å². The van der Waals surface area contributed by atoms with Crippen LogP contribution in [0.3, 0.4) is 0 Å². The van der Waals surface area contributed by atoms with Crippen molar-refractivity contribution >= 4 is 22.7 Å². The van der Waals surface area contributed by atoms with Gasteiger partial charge < -0.3 is 20.2 Å². The standard InChI is InChI=1S/C23H28F3N5O2/c1-3-16-9-15-10-18(33-19(15)11-28-16)20-13(2)29-22(27-7-6-23(24,25)26)31-21(20)30-17-5-4-14(8-17)12-32/h9-11,14,17,32H,3-8,12H2,1-2H3,(H2,27,29,30,31). The van der Waals surface area contributed by atoms with Crippen LogP contribution in [0.2, 0.25) is 0 Å². The van der Waals surface area contributed by atoms with E-state index in [2.05, 4.69) is 25.6 Å². The molecule has 3 aromatic heterocycles. The average molecular weight is 464 g/mol. The van der Waals surface area contributed by atoms with Gasteiger partial charge in [-0.2, -0.15) is 18.2 Å². The van der Waals surface area contributed by atoms with Crippen molar-refractivity contribution in [2.24, 2.45) is 5.92 Å². The Hall–Kier alpha value is -2.88. The number of aliphatic hydroxyl groups excluding tert-OH is 1. The topological polar surface area (TPSA) is 96.1 Å². The minimum atomic E-state index is -4.26. The smallest absolute Gasteiger partial charge is 0.390 e. The third-order valence-electron chi connectivity index (χ3n) is 5.99. The molecule has 0 radical (unpaired) electrons. The normalized spacial score (nSPS) is 18.7. The molecule has 0 aliphatic heterocycles. The van der Waals surface area contributed by atoms with Crippen LogP contribution in [0.15, 0.2) is 22.7 Å². The molecule has 3 aromatic rings. The summed E-state index contributed by atoms with van der Waals surface area (Å²) in [6.45, 7) is 3.63. The van der Waals surface area contributed by atoms with E-state index in [0.717, 1.165) is 36.8 Å². The predicted molar refractivity (Wildman–Crippen MR) is 120 cm³/mol. The van der Waals surface area contributed by atoms with Crippen molar-refractivity contribution in [2.75, 3.05) is 23.8 Å². The number of fused-ring (bicyclic) bond motifs is 1. The number of hydrogen-bond donors (Lipinski definition) is 3. The number of furan rings is 1. The maximum Gasteiger partial charge on any atom is 0.390 e. The van der Waals surface area contributed by atoms with E-state index >= 15 is 0 Å². The first kappa shape index (κ1) is 23.3. The zero-order chi connectivity index (χ0) is 23.6. The highest BCUT2D eigenvalue weighted by atomic mass is 19.4. The summed E-state index contributed by atoms with van der Waals surface area (Å²) in [6.07, 6.45) is -0.175. The number of hydrogen-bond acceptors (Lipinski definition) is 7. The summed E-state index contributed by atoms with van der Waals surface area (Å²) in [6, 6.07) is 3.98. The highest BCUT2D eigenvalue weighted by molar-refractivity contribution is 5.86. The Bertz CT molecular complexity index is 1120. The molecule has 2 atom stereocenters. The predicted octanol–water partition coefficient (Wildman–Crippen LogP) is 5.09. The van der Waals surface area contributed by atoms with Crippen molar-refractivity contribution < 1.29 is 22.7 Å². The van der Waals surface area contributed by atoms with Gasteiger partial charge in [0.25, 0.3) is 0 Å². The second-order valence-corrected chi connectivity index (χ2v) is 8.53. The highest BCUT2D eigenvalue weighted by Crippen LogP contribution is 2.37. The summed E-state index contributed by atoms with van der Waals surface area (Å²) in [4.78, 5) is 13.3. The second kappa shape index (κ2) is 9.54. The summed E-state index contributed by atoms with van der Waals surface area (Å²) in [5, 5.41) is 16.5. The fourth-order valence-corrected chi connectivity index (χ4v) is 4.24. The Kier molecular flexibility index (Phi) is 6.73. The Morgan fingerprint density at radius 2 is 2.03 bits per heavy atom. The third-order valence-corrected chi connectivity index (χ3v) is 5.99. The van der Waals surface area contributed by atoms with Crippen LogP contribution in [-0.4, -0.2) is 45.4 Å². The molecule has 1 fully saturated rings. The maximum absolute atomic E-state index is 12.6. The Labute approximate surface area is 189 Å². The zero-order valence-electron chi connectivity index (χ0n) is 18.7. The monoisotopic (exact) mass is 463 g/mol. The van der Waals surface area contributed by atoms with Gasteiger partial charge in [0.15, 0.2) is 5.58 Å². The molecule has 1 saturated carbocycles. The molecule has 2 unspecified atom stereocenters. The molecule has 0 aromatic carbocycles. The molecule has 33 heavy (non-hydrogen) atoms. The molecule has 7 nitrogen and oxygen atoms in total. The van der Waals surface area contributed by atoms with Crippen molar-refractivity contribution in [3.8, 4) is 11.3 Å². The molecule has 10 heteroatoms. The maximum atomic E-state index is 12.6. The first-order valence-corrected chi connectivity index (χ1v) is 11.2. The van der Waals surface area contributed by atoms with E-state index in [-0.39, 0.29) is 31.1 Å². The number of rotatable bonds is 8. The van der Waals surface area contributed by atoms with Gasteiger partial charge in [-0.05, 0) is 50.7 Å². The van der Waals surface area contributed by atoms with E-state index < -0.39 is 12.6 Å². The van der Waals surface area contributed by atoms with Crippen molar-refractivity contribution in [3.63, 3.8) is 0 Å². The first-order chi connectivity index (χ1) is 15.8. The Morgan fingerprint density at radius 1 is 1.21 bits per heavy atom. The molecule has 1 aliphatic carbocycles. The lowest BCUT2D eigenvalue weighted by molar-refractivity contribution is -0.131. The summed E-state index contributed by atoms with van der Waals surface area (Å²) >= 11 is 0. The third kappa shape index (κ3) is 5.55. The van der Waals surface area contributed by atoms with Crippen molar-refractivity contribution in [1.29, 1.82) is 0 Å². The van der Waals surface area contributed by atoms with Gasteiger partial charge in [-0.15, -0.1) is 0 Å². The first-order valence-electron chi connectivity index (χ1n) is 11.2. The molecule has 178 valence electrons. The number of alkyl halides is 3. The Morgan fingerprint density at radius 3 is 2.73 bits per heavy atom. The lowest BCUT2D eigenvalue weighted by Crippen LogP contribution is -2.20. The number of pyridine rings is 1. The van der Waals surface area contributed by atoms with Crippen LogP contribution in [0, 0.1) is 12.8 Å². The van der Waals surface area contributed by atoms with Crippen molar-refractivity contribution in [1.82, 2.24) is 15.0 Å². The number of nitrogens with zero attached hydrogens (tertiary/aromatic N) is 3. The molecule has 3 N–H and O–H groups in total. The molecule has 3 heterocycles. The van der Waals surface area contributed by atoms with Crippen LogP contribution >= 0.6 is 0 Å². The number of nitrogens with one attached hydrogen (secondary N) is 2. The minimum Gasteiger partial charge on any atom is -0.454 e. The highest BCUT2D eigenvalue weighted by Gasteiger charge is 2.28. The fourth-order valence-electron chi connectivity index (χ4n) is 4.24. The van der Waals surface area contributed by atoms with Crippen LogP contribution < -0.4 is 10.6 Å². The van der Waals surface area contributed by atoms with Crippen LogP contribution in [-0.2, 0) is 6.42 Å². The van der Waals surface area contributed by atoms with Gasteiger partial charge in [0, 0.05) is 30.3 Å². The summed E-state index contributed by atoms with van der Waals surface area (Å²) in [5.74, 6) is 1.43. The van der Waals surface area contributed by atoms with E-state index in [0.29, 0.717) is 28.4 Å². The molecular formula is C23H28F3N5O2. The summed E-state index contributed by atoms with van der Waals surface area (Å²) < 4.78 is 43.8. The molecule has 0 spiro atoms. The van der Waals surface area contributed by atoms with Gasteiger partial charge in [0.1, 0.15) is 11.6 Å². The average Bonchev–Trinajstić information content (AvgIpc) is 3.38. The lowest BCUT2D eigenvalue weighted by atomic mass is 10.1. The van der Waals surface area contributed by atoms with Gasteiger partial charge in [-0.1, -0.05) is 6.92 Å². The van der Waals surface area contributed by atoms with Gasteiger partial charge in [-0.25, -0.2) is 4.98 Å². The SMILES string of the molecule is CCc1cc2cc(-c3c(C)nc(NCCC(F)(F)F)nc3NC3CCC(CO)C3)oc2cn1. The molecular weight excluding hydrogens is 435 g/mol. The largest absolute Gasteiger partial charge is 0.454 e. The number of aromatic nitrogens is 3. The quantitative estimate of drug-likeness (QED) is 0.428. The number of aryl methyl sites for hydroxylation is 2. The van der Waals surface area contributed by atoms with E-state index in [1.807, 2.05) is 19.1 Å². The summed E-state index contributed by atoms with van der Waals surface area (Å²) in [7, 11) is 0. The molecule has 0 amide bonds. The van der Waals surface area contributed by atoms with Crippen LogP contribution in [0.5, 0.6) is 0 Å². The van der Waals surface area contributed by atoms with Crippen molar-refractivity contribution in [2.45, 2.75) is 58.2 Å². The van der Waals surface area contributed by atoms with Crippen LogP contribution in [0.25, 0.3) is 22.3 Å². The van der Waals surface area contributed by atoms with E-state index in [1.165, 1.54) is 0 Å². The number of anilines is 2. The van der Waals surface area contributed by atoms with Crippen LogP contribution in [0.4, 0.5) is 24.9 Å². The van der Waals surface area contributed by atoms with Crippen LogP contribution in [0.1, 0.15) is 44.0 Å². The molecule has 0 saturated heterocycles. The van der Waals surface area contributed by atoms with Gasteiger partial charge in [-0.3, -0.25) is 4.98 Å². The number of halogens is 3. The molecule has 1 aliphatic rings. The fraction of sp³-hybridized carbons (Fsp3) is 0.522. The second-order valence-electron chi connectivity index (χ2n) is 8.53. The van der Waals surface area contributed by atoms with Gasteiger partial charge in [0.2, 0.25) is 5.95 Å². The zero-order valence-corrected chi connectivity index (χ0v) is 18.7. The minimum absolute atomic E-state index is 0.0935. The lowest BCUT2D eigenvalue weighted by Gasteiger charge is -2.18. The molecule has 0 bridgehead atoms. The van der Waals surface area contributed by atoms with E-state index in [9.17, 15) is 18.3 Å². The van der Waals surface area contributed by atoms with Gasteiger partial charge in [0.05, 0.1) is 23.9 Å².